The van der Waals surface area contributed by atoms with Crippen LogP contribution in [0.5, 0.6) is 0 Å². The van der Waals surface area contributed by atoms with E-state index in [1.54, 1.807) is 0 Å². The van der Waals surface area contributed by atoms with Crippen LogP contribution in [-0.2, 0) is 4.79 Å². The largest absolute Gasteiger partial charge is 0.480 e. The van der Waals surface area contributed by atoms with Gasteiger partial charge in [0.2, 0.25) is 0 Å². The van der Waals surface area contributed by atoms with Crippen LogP contribution in [0.25, 0.3) is 0 Å². The summed E-state index contributed by atoms with van der Waals surface area (Å²) in [6, 6.07) is -0.858. The molecule has 1 fully saturated rings. The van der Waals surface area contributed by atoms with Crippen molar-refractivity contribution in [2.45, 2.75) is 55.1 Å². The second-order valence-electron chi connectivity index (χ2n) is 5.16. The van der Waals surface area contributed by atoms with E-state index in [9.17, 15) is 25.2 Å². The summed E-state index contributed by atoms with van der Waals surface area (Å²) < 4.78 is 0. The number of carbonyl (C=O) groups is 1. The summed E-state index contributed by atoms with van der Waals surface area (Å²) in [5, 5.41) is 60.0. The van der Waals surface area contributed by atoms with Gasteiger partial charge in [0, 0.05) is 5.75 Å². The van der Waals surface area contributed by atoms with E-state index in [4.69, 9.17) is 10.2 Å². The molecule has 1 rings (SSSR count). The summed E-state index contributed by atoms with van der Waals surface area (Å²) >= 11 is 1.17. The van der Waals surface area contributed by atoms with E-state index < -0.39 is 47.9 Å². The van der Waals surface area contributed by atoms with Gasteiger partial charge in [-0.05, 0) is 6.42 Å². The van der Waals surface area contributed by atoms with E-state index in [0.717, 1.165) is 0 Å². The Morgan fingerprint density at radius 1 is 1.33 bits per heavy atom. The van der Waals surface area contributed by atoms with Gasteiger partial charge in [-0.2, -0.15) is 0 Å². The third-order valence-corrected chi connectivity index (χ3v) is 5.16. The van der Waals surface area contributed by atoms with E-state index in [2.05, 4.69) is 5.32 Å². The second-order valence-corrected chi connectivity index (χ2v) is 6.51. The van der Waals surface area contributed by atoms with Crippen LogP contribution in [0.2, 0.25) is 0 Å². The van der Waals surface area contributed by atoms with Gasteiger partial charge in [-0.25, -0.2) is 0 Å². The summed E-state index contributed by atoms with van der Waals surface area (Å²) in [4.78, 5) is 9.91. The van der Waals surface area contributed by atoms with Crippen LogP contribution in [0, 0.1) is 0 Å². The highest BCUT2D eigenvalue weighted by Gasteiger charge is 2.50. The van der Waals surface area contributed by atoms with Crippen LogP contribution >= 0.6 is 11.8 Å². The van der Waals surface area contributed by atoms with Crippen molar-refractivity contribution in [3.05, 3.63) is 0 Å². The van der Waals surface area contributed by atoms with Gasteiger partial charge < -0.3 is 30.6 Å². The third-order valence-electron chi connectivity index (χ3n) is 3.58. The topological polar surface area (TPSA) is 150 Å². The lowest BCUT2D eigenvalue weighted by Gasteiger charge is -2.38. The van der Waals surface area contributed by atoms with Crippen LogP contribution in [0.4, 0.5) is 0 Å². The summed E-state index contributed by atoms with van der Waals surface area (Å²) in [5.41, 5.74) is 0. The standard InChI is InChI=1S/C12H23NO7S/c1-2-3-12(13-6(5-21-12)11(19)20)10(18)9(17)8(16)7(15)4-14/h6-10,13-18H,2-5H2,1H3,(H,19,20)/t6-,7?,8?,9?,10?,12?/m0/s1. The smallest absolute Gasteiger partial charge is 0.321 e. The van der Waals surface area contributed by atoms with Crippen molar-refractivity contribution >= 4 is 17.7 Å². The Morgan fingerprint density at radius 3 is 2.38 bits per heavy atom. The number of thioether (sulfide) groups is 1. The average molecular weight is 325 g/mol. The summed E-state index contributed by atoms with van der Waals surface area (Å²) in [5.74, 6) is -0.837. The predicted octanol–water partition coefficient (Wildman–Crippen LogP) is -2.29. The molecule has 0 aromatic rings. The molecule has 0 amide bonds. The fourth-order valence-electron chi connectivity index (χ4n) is 2.38. The maximum Gasteiger partial charge on any atom is 0.321 e. The Labute approximate surface area is 126 Å². The van der Waals surface area contributed by atoms with Crippen molar-refractivity contribution in [1.29, 1.82) is 0 Å². The van der Waals surface area contributed by atoms with Gasteiger partial charge in [-0.1, -0.05) is 13.3 Å². The highest BCUT2D eigenvalue weighted by atomic mass is 32.2. The molecule has 9 heteroatoms. The Kier molecular flexibility index (Phi) is 6.85. The molecule has 8 nitrogen and oxygen atoms in total. The summed E-state index contributed by atoms with van der Waals surface area (Å²) in [6.07, 6.45) is -5.54. The van der Waals surface area contributed by atoms with Crippen molar-refractivity contribution < 1.29 is 35.4 Å². The zero-order valence-corrected chi connectivity index (χ0v) is 12.5. The quantitative estimate of drug-likeness (QED) is 0.261. The zero-order chi connectivity index (χ0) is 16.2. The first-order valence-corrected chi connectivity index (χ1v) is 7.75. The minimum absolute atomic E-state index is 0.220. The molecule has 0 radical (unpaired) electrons. The number of rotatable bonds is 8. The van der Waals surface area contributed by atoms with Gasteiger partial charge in [0.15, 0.2) is 0 Å². The number of aliphatic carboxylic acids is 1. The lowest BCUT2D eigenvalue weighted by molar-refractivity contribution is -0.141. The molecule has 124 valence electrons. The fraction of sp³-hybridized carbons (Fsp3) is 0.917. The summed E-state index contributed by atoms with van der Waals surface area (Å²) in [7, 11) is 0. The molecular formula is C12H23NO7S. The van der Waals surface area contributed by atoms with Crippen LogP contribution in [-0.4, -0.2) is 84.3 Å². The van der Waals surface area contributed by atoms with Gasteiger partial charge >= 0.3 is 5.97 Å². The molecule has 0 aromatic heterocycles. The van der Waals surface area contributed by atoms with Crippen molar-refractivity contribution in [1.82, 2.24) is 5.32 Å². The number of aliphatic hydroxyl groups is 5. The molecule has 0 saturated carbocycles. The number of carboxylic acids is 1. The monoisotopic (exact) mass is 325 g/mol. The molecule has 7 N–H and O–H groups in total. The van der Waals surface area contributed by atoms with Crippen molar-refractivity contribution in [2.24, 2.45) is 0 Å². The molecule has 21 heavy (non-hydrogen) atoms. The van der Waals surface area contributed by atoms with E-state index in [1.165, 1.54) is 11.8 Å². The van der Waals surface area contributed by atoms with Gasteiger partial charge in [0.1, 0.15) is 30.5 Å². The van der Waals surface area contributed by atoms with E-state index in [1.807, 2.05) is 6.92 Å². The highest BCUT2D eigenvalue weighted by Crippen LogP contribution is 2.39. The van der Waals surface area contributed by atoms with Gasteiger partial charge in [0.25, 0.3) is 0 Å². The first-order valence-electron chi connectivity index (χ1n) is 6.76. The van der Waals surface area contributed by atoms with Gasteiger partial charge in [-0.15, -0.1) is 11.8 Å². The number of hydrogen-bond acceptors (Lipinski definition) is 8. The maximum atomic E-state index is 11.0. The van der Waals surface area contributed by atoms with Crippen molar-refractivity contribution in [3.8, 4) is 0 Å². The van der Waals surface area contributed by atoms with E-state index >= 15 is 0 Å². The summed E-state index contributed by atoms with van der Waals surface area (Å²) in [6.45, 7) is 1.08. The molecule has 6 atom stereocenters. The highest BCUT2D eigenvalue weighted by molar-refractivity contribution is 8.01. The first kappa shape index (κ1) is 18.6. The normalized spacial score (nSPS) is 31.6. The Balaban J connectivity index is 2.87. The van der Waals surface area contributed by atoms with Crippen LogP contribution in [0.15, 0.2) is 0 Å². The number of nitrogens with one attached hydrogen (secondary N) is 1. The SMILES string of the molecule is CCCC1(C(O)C(O)C(O)C(O)CO)N[C@H](C(=O)O)CS1. The van der Waals surface area contributed by atoms with Crippen molar-refractivity contribution in [3.63, 3.8) is 0 Å². The number of carboxylic acid groups (broad SMARTS) is 1. The molecule has 1 aliphatic rings. The predicted molar refractivity (Wildman–Crippen MR) is 75.8 cm³/mol. The third kappa shape index (κ3) is 4.07. The van der Waals surface area contributed by atoms with Crippen LogP contribution in [0.3, 0.4) is 0 Å². The molecule has 1 saturated heterocycles. The molecule has 0 bridgehead atoms. The second kappa shape index (κ2) is 7.73. The fourth-order valence-corrected chi connectivity index (χ4v) is 3.95. The Bertz CT molecular complexity index is 358. The minimum Gasteiger partial charge on any atom is -0.480 e. The molecule has 0 spiro atoms. The van der Waals surface area contributed by atoms with Gasteiger partial charge in [0.05, 0.1) is 11.5 Å². The number of hydrogen-bond donors (Lipinski definition) is 7. The first-order chi connectivity index (χ1) is 9.79. The van der Waals surface area contributed by atoms with Crippen LogP contribution in [0.1, 0.15) is 19.8 Å². The van der Waals surface area contributed by atoms with Crippen LogP contribution < -0.4 is 5.32 Å². The minimum atomic E-state index is -1.73. The Hall–Kier alpha value is -0.420. The van der Waals surface area contributed by atoms with E-state index in [-0.39, 0.29) is 5.75 Å². The zero-order valence-electron chi connectivity index (χ0n) is 11.7. The molecule has 0 aromatic carbocycles. The number of aliphatic hydroxyl groups excluding tert-OH is 5. The molecular weight excluding hydrogens is 302 g/mol. The van der Waals surface area contributed by atoms with Gasteiger partial charge in [-0.3, -0.25) is 10.1 Å². The molecule has 1 aliphatic heterocycles. The molecule has 0 aliphatic carbocycles. The molecule has 1 heterocycles. The Morgan fingerprint density at radius 2 is 1.95 bits per heavy atom. The van der Waals surface area contributed by atoms with Crippen molar-refractivity contribution in [2.75, 3.05) is 12.4 Å². The lowest BCUT2D eigenvalue weighted by Crippen LogP contribution is -2.60. The van der Waals surface area contributed by atoms with E-state index in [0.29, 0.717) is 12.8 Å². The molecule has 5 unspecified atom stereocenters. The maximum absolute atomic E-state index is 11.0. The average Bonchev–Trinajstić information content (AvgIpc) is 2.90. The lowest BCUT2D eigenvalue weighted by atomic mass is 9.94.